The molecule has 2 amide bonds. The molecule has 13 heteroatoms. The van der Waals surface area contributed by atoms with Crippen LogP contribution in [-0.4, -0.2) is 49.9 Å². The summed E-state index contributed by atoms with van der Waals surface area (Å²) in [7, 11) is 1.26. The van der Waals surface area contributed by atoms with Crippen molar-refractivity contribution >= 4 is 53.0 Å². The number of hydrazone groups is 1. The molecule has 37 heavy (non-hydrogen) atoms. The first-order valence-corrected chi connectivity index (χ1v) is 12.1. The van der Waals surface area contributed by atoms with Crippen molar-refractivity contribution in [2.45, 2.75) is 26.1 Å². The zero-order chi connectivity index (χ0) is 27.1. The molecule has 0 radical (unpaired) electrons. The van der Waals surface area contributed by atoms with Crippen LogP contribution in [0.3, 0.4) is 0 Å². The highest BCUT2D eigenvalue weighted by Crippen LogP contribution is 2.35. The number of halogens is 3. The van der Waals surface area contributed by atoms with E-state index in [2.05, 4.69) is 21.2 Å². The Morgan fingerprint density at radius 3 is 2.68 bits per heavy atom. The minimum absolute atomic E-state index is 0.183. The number of carbonyl (C=O) groups is 2. The van der Waals surface area contributed by atoms with Crippen LogP contribution in [-0.2, 0) is 9.53 Å². The van der Waals surface area contributed by atoms with Crippen molar-refractivity contribution in [3.63, 3.8) is 0 Å². The number of carbonyl (C=O) groups excluding carboxylic acids is 2. The smallest absolute Gasteiger partial charge is 0.337 e. The van der Waals surface area contributed by atoms with E-state index in [1.54, 1.807) is 38.1 Å². The summed E-state index contributed by atoms with van der Waals surface area (Å²) < 4.78 is 16.3. The summed E-state index contributed by atoms with van der Waals surface area (Å²) >= 11 is 18.1. The van der Waals surface area contributed by atoms with Crippen LogP contribution in [0, 0.1) is 0 Å². The van der Waals surface area contributed by atoms with Gasteiger partial charge in [0.05, 0.1) is 41.6 Å². The molecule has 0 aromatic heterocycles. The summed E-state index contributed by atoms with van der Waals surface area (Å²) in [6, 6.07) is 6.80. The van der Waals surface area contributed by atoms with Crippen LogP contribution in [0.2, 0.25) is 15.1 Å². The number of amides is 2. The molecule has 0 bridgehead atoms. The minimum atomic E-state index is -1.18. The van der Waals surface area contributed by atoms with Gasteiger partial charge in [-0.3, -0.25) is 5.43 Å². The third-order valence-electron chi connectivity index (χ3n) is 5.12. The predicted octanol–water partition coefficient (Wildman–Crippen LogP) is 4.17. The number of methoxy groups -OCH3 is 1. The van der Waals surface area contributed by atoms with Gasteiger partial charge in [0.2, 0.25) is 0 Å². The van der Waals surface area contributed by atoms with E-state index in [1.807, 2.05) is 0 Å². The fourth-order valence-corrected chi connectivity index (χ4v) is 4.15. The fraction of sp³-hybridized carbons (Fsp3) is 0.292. The van der Waals surface area contributed by atoms with E-state index >= 15 is 0 Å². The molecule has 1 aliphatic heterocycles. The van der Waals surface area contributed by atoms with Gasteiger partial charge in [-0.15, -0.1) is 0 Å². The number of allylic oxidation sites excluding steroid dienone is 1. The lowest BCUT2D eigenvalue weighted by atomic mass is 9.95. The Bertz CT molecular complexity index is 1240. The number of aliphatic hydroxyl groups excluding tert-OH is 1. The molecule has 198 valence electrons. The third-order valence-corrected chi connectivity index (χ3v) is 6.16. The van der Waals surface area contributed by atoms with Gasteiger partial charge in [0.1, 0.15) is 6.61 Å². The Morgan fingerprint density at radius 1 is 1.22 bits per heavy atom. The first-order valence-electron chi connectivity index (χ1n) is 11.0. The van der Waals surface area contributed by atoms with Crippen molar-refractivity contribution in [3.8, 4) is 11.5 Å². The second kappa shape index (κ2) is 12.9. The van der Waals surface area contributed by atoms with Crippen LogP contribution in [0.1, 0.15) is 31.0 Å². The summed E-state index contributed by atoms with van der Waals surface area (Å²) in [4.78, 5) is 24.4. The number of hydrogen-bond acceptors (Lipinski definition) is 8. The number of nitrogens with one attached hydrogen (secondary N) is 3. The molecule has 2 aromatic rings. The van der Waals surface area contributed by atoms with Gasteiger partial charge in [0.15, 0.2) is 17.7 Å². The minimum Gasteiger partial charge on any atom is -0.490 e. The molecule has 4 N–H and O–H groups in total. The van der Waals surface area contributed by atoms with Crippen LogP contribution in [0.25, 0.3) is 0 Å². The fourth-order valence-electron chi connectivity index (χ4n) is 3.48. The molecule has 1 heterocycles. The van der Waals surface area contributed by atoms with Crippen LogP contribution in [0.15, 0.2) is 46.7 Å². The lowest BCUT2D eigenvalue weighted by Crippen LogP contribution is -2.45. The standard InChI is InChI=1S/C24H25Cl3N4O6/c1-4-36-18-8-13(22-20(23(33)35-3)12(2)29-24(34)30-22)5-6-17(18)37-11-19(32)31-28-10-14-7-15(25)9-16(26)21(14)27/h5-10,19,22,31-32H,4,11H2,1-3H3,(H2,29,30,34)/b28-10-/t19-,22+/m1/s1. The zero-order valence-corrected chi connectivity index (χ0v) is 22.4. The molecule has 3 rings (SSSR count). The molecule has 0 fully saturated rings. The molecule has 0 saturated heterocycles. The normalized spacial score (nSPS) is 16.2. The average Bonchev–Trinajstić information content (AvgIpc) is 2.85. The van der Waals surface area contributed by atoms with Gasteiger partial charge in [-0.2, -0.15) is 5.10 Å². The van der Waals surface area contributed by atoms with Gasteiger partial charge in [-0.25, -0.2) is 9.59 Å². The Kier molecular flexibility index (Phi) is 9.87. The largest absolute Gasteiger partial charge is 0.490 e. The van der Waals surface area contributed by atoms with Gasteiger partial charge >= 0.3 is 12.0 Å². The summed E-state index contributed by atoms with van der Waals surface area (Å²) in [6.07, 6.45) is 0.185. The second-order valence-electron chi connectivity index (χ2n) is 7.71. The number of nitrogens with zero attached hydrogens (tertiary/aromatic N) is 1. The van der Waals surface area contributed by atoms with Gasteiger partial charge in [-0.05, 0) is 43.7 Å². The van der Waals surface area contributed by atoms with Crippen molar-refractivity contribution in [1.29, 1.82) is 0 Å². The number of benzene rings is 2. The summed E-state index contributed by atoms with van der Waals surface area (Å²) in [5.74, 6) is 0.107. The Hall–Kier alpha value is -3.18. The molecule has 0 aliphatic carbocycles. The van der Waals surface area contributed by atoms with Gasteiger partial charge in [0, 0.05) is 16.3 Å². The topological polar surface area (TPSA) is 131 Å². The monoisotopic (exact) mass is 570 g/mol. The van der Waals surface area contributed by atoms with Crippen LogP contribution in [0.5, 0.6) is 11.5 Å². The molecule has 0 saturated carbocycles. The Balaban J connectivity index is 1.72. The predicted molar refractivity (Wildman–Crippen MR) is 140 cm³/mol. The molecular weight excluding hydrogens is 547 g/mol. The third kappa shape index (κ3) is 7.20. The summed E-state index contributed by atoms with van der Waals surface area (Å²) in [5.41, 5.74) is 4.21. The highest BCUT2D eigenvalue weighted by atomic mass is 35.5. The SMILES string of the molecule is CCOc1cc([C@@H]2NC(=O)NC(C)=C2C(=O)OC)ccc1OC[C@@H](O)N/N=C\c1cc(Cl)cc(Cl)c1Cl. The molecule has 2 aromatic carbocycles. The molecule has 0 unspecified atom stereocenters. The number of rotatable bonds is 10. The Morgan fingerprint density at radius 2 is 1.97 bits per heavy atom. The van der Waals surface area contributed by atoms with Crippen molar-refractivity contribution in [2.24, 2.45) is 5.10 Å². The van der Waals surface area contributed by atoms with Crippen molar-refractivity contribution in [1.82, 2.24) is 16.1 Å². The quantitative estimate of drug-likeness (QED) is 0.111. The lowest BCUT2D eigenvalue weighted by molar-refractivity contribution is -0.136. The van der Waals surface area contributed by atoms with Crippen LogP contribution < -0.4 is 25.5 Å². The van der Waals surface area contributed by atoms with Crippen LogP contribution in [0.4, 0.5) is 4.79 Å². The number of esters is 1. The number of urea groups is 1. The number of hydrogen-bond donors (Lipinski definition) is 4. The molecule has 0 spiro atoms. The Labute approximate surface area is 228 Å². The van der Waals surface area contributed by atoms with E-state index in [0.29, 0.717) is 40.0 Å². The van der Waals surface area contributed by atoms with Crippen molar-refractivity contribution < 1.29 is 28.9 Å². The highest BCUT2D eigenvalue weighted by molar-refractivity contribution is 6.44. The maximum atomic E-state index is 12.4. The van der Waals surface area contributed by atoms with E-state index in [1.165, 1.54) is 19.4 Å². The molecule has 2 atom stereocenters. The van der Waals surface area contributed by atoms with Gasteiger partial charge in [-0.1, -0.05) is 40.9 Å². The first kappa shape index (κ1) is 28.4. The molecule has 10 nitrogen and oxygen atoms in total. The maximum absolute atomic E-state index is 12.4. The first-order chi connectivity index (χ1) is 17.6. The van der Waals surface area contributed by atoms with Gasteiger partial charge in [0.25, 0.3) is 0 Å². The van der Waals surface area contributed by atoms with Crippen molar-refractivity contribution in [3.05, 3.63) is 67.8 Å². The van der Waals surface area contributed by atoms with Crippen LogP contribution >= 0.6 is 34.8 Å². The molecular formula is C24H25Cl3N4O6. The maximum Gasteiger partial charge on any atom is 0.337 e. The van der Waals surface area contributed by atoms with E-state index in [-0.39, 0.29) is 22.2 Å². The average molecular weight is 572 g/mol. The van der Waals surface area contributed by atoms with E-state index in [4.69, 9.17) is 49.0 Å². The number of aliphatic hydroxyl groups is 1. The van der Waals surface area contributed by atoms with E-state index in [9.17, 15) is 14.7 Å². The number of ether oxygens (including phenoxy) is 3. The summed E-state index contributed by atoms with van der Waals surface area (Å²) in [5, 5.41) is 20.4. The van der Waals surface area contributed by atoms with Crippen molar-refractivity contribution in [2.75, 3.05) is 20.3 Å². The second-order valence-corrected chi connectivity index (χ2v) is 8.93. The van der Waals surface area contributed by atoms with E-state index in [0.717, 1.165) is 0 Å². The van der Waals surface area contributed by atoms with Gasteiger partial charge < -0.3 is 30.0 Å². The molecule has 1 aliphatic rings. The lowest BCUT2D eigenvalue weighted by Gasteiger charge is -2.28. The zero-order valence-electron chi connectivity index (χ0n) is 20.1. The van der Waals surface area contributed by atoms with E-state index < -0.39 is 24.3 Å². The summed E-state index contributed by atoms with van der Waals surface area (Å²) in [6.45, 7) is 3.55. The highest BCUT2D eigenvalue weighted by Gasteiger charge is 2.32.